The highest BCUT2D eigenvalue weighted by Gasteiger charge is 2.52. The van der Waals surface area contributed by atoms with Gasteiger partial charge in [0.15, 0.2) is 0 Å². The molecule has 0 radical (unpaired) electrons. The van der Waals surface area contributed by atoms with Gasteiger partial charge in [-0.3, -0.25) is 10.2 Å². The highest BCUT2D eigenvalue weighted by Crippen LogP contribution is 2.57. The van der Waals surface area contributed by atoms with E-state index in [0.29, 0.717) is 5.41 Å². The summed E-state index contributed by atoms with van der Waals surface area (Å²) in [5.74, 6) is 5.44. The van der Waals surface area contributed by atoms with E-state index in [2.05, 4.69) is 10.3 Å². The van der Waals surface area contributed by atoms with E-state index in [-0.39, 0.29) is 11.3 Å². The predicted molar refractivity (Wildman–Crippen MR) is 75.2 cm³/mol. The summed E-state index contributed by atoms with van der Waals surface area (Å²) in [5.41, 5.74) is 2.78. The van der Waals surface area contributed by atoms with Gasteiger partial charge in [-0.05, 0) is 69.9 Å². The molecule has 1 saturated heterocycles. The van der Waals surface area contributed by atoms with Crippen LogP contribution in [-0.4, -0.2) is 30.4 Å². The molecule has 4 aliphatic rings. The third kappa shape index (κ3) is 2.40. The maximum absolute atomic E-state index is 12.0. The topological polar surface area (TPSA) is 58.4 Å². The molecular formula is C15H27N3O. The fourth-order valence-electron chi connectivity index (χ4n) is 4.59. The normalized spacial score (nSPS) is 39.2. The second kappa shape index (κ2) is 5.06. The summed E-state index contributed by atoms with van der Waals surface area (Å²) in [4.78, 5) is 14.7. The summed E-state index contributed by atoms with van der Waals surface area (Å²) in [6, 6.07) is 0. The first kappa shape index (κ1) is 13.4. The lowest BCUT2D eigenvalue weighted by molar-refractivity contribution is -0.141. The Morgan fingerprint density at radius 1 is 1.00 bits per heavy atom. The molecule has 1 heterocycles. The van der Waals surface area contributed by atoms with Crippen molar-refractivity contribution in [3.8, 4) is 0 Å². The molecule has 0 aromatic heterocycles. The summed E-state index contributed by atoms with van der Waals surface area (Å²) >= 11 is 0. The molecule has 4 rings (SSSR count). The van der Waals surface area contributed by atoms with E-state index in [1.165, 1.54) is 58.2 Å². The van der Waals surface area contributed by atoms with Crippen molar-refractivity contribution in [3.05, 3.63) is 0 Å². The number of hydrazine groups is 1. The van der Waals surface area contributed by atoms with E-state index < -0.39 is 0 Å². The summed E-state index contributed by atoms with van der Waals surface area (Å²) in [7, 11) is 0. The van der Waals surface area contributed by atoms with Crippen LogP contribution in [0.1, 0.15) is 57.8 Å². The summed E-state index contributed by atoms with van der Waals surface area (Å²) in [6.45, 7) is 3.85. The number of nitrogens with one attached hydrogen (secondary N) is 1. The lowest BCUT2D eigenvalue weighted by Crippen LogP contribution is -2.54. The van der Waals surface area contributed by atoms with Crippen molar-refractivity contribution in [3.63, 3.8) is 0 Å². The van der Waals surface area contributed by atoms with Crippen LogP contribution in [0.5, 0.6) is 0 Å². The molecule has 1 aliphatic heterocycles. The number of nitrogens with zero attached hydrogens (tertiary/aromatic N) is 1. The van der Waals surface area contributed by atoms with Crippen LogP contribution < -0.4 is 11.3 Å². The van der Waals surface area contributed by atoms with E-state index in [1.54, 1.807) is 0 Å². The number of piperidine rings is 1. The van der Waals surface area contributed by atoms with Crippen molar-refractivity contribution < 1.29 is 4.79 Å². The quantitative estimate of drug-likeness (QED) is 0.465. The minimum atomic E-state index is -0.127. The molecule has 0 aromatic rings. The van der Waals surface area contributed by atoms with E-state index in [4.69, 9.17) is 5.84 Å². The zero-order chi connectivity index (χ0) is 13.3. The summed E-state index contributed by atoms with van der Waals surface area (Å²) in [5, 5.41) is 0. The highest BCUT2D eigenvalue weighted by atomic mass is 16.2. The van der Waals surface area contributed by atoms with Gasteiger partial charge in [0.05, 0.1) is 5.41 Å². The molecule has 3 N–H and O–H groups in total. The second-order valence-electron chi connectivity index (χ2n) is 7.09. The molecule has 4 nitrogen and oxygen atoms in total. The molecule has 108 valence electrons. The molecule has 0 spiro atoms. The minimum Gasteiger partial charge on any atom is -0.303 e. The number of rotatable bonds is 3. The van der Waals surface area contributed by atoms with Crippen molar-refractivity contribution in [2.75, 3.05) is 19.6 Å². The molecule has 1 amide bonds. The Balaban J connectivity index is 1.62. The Morgan fingerprint density at radius 2 is 1.58 bits per heavy atom. The molecule has 3 aliphatic carbocycles. The van der Waals surface area contributed by atoms with Crippen LogP contribution in [0, 0.1) is 10.8 Å². The molecule has 0 unspecified atom stereocenters. The average Bonchev–Trinajstić information content (AvgIpc) is 2.49. The van der Waals surface area contributed by atoms with Gasteiger partial charge in [-0.15, -0.1) is 0 Å². The van der Waals surface area contributed by atoms with Gasteiger partial charge >= 0.3 is 0 Å². The maximum atomic E-state index is 12.0. The Morgan fingerprint density at radius 3 is 2.11 bits per heavy atom. The van der Waals surface area contributed by atoms with Gasteiger partial charge in [-0.25, -0.2) is 5.84 Å². The highest BCUT2D eigenvalue weighted by molar-refractivity contribution is 5.82. The number of carbonyl (C=O) groups is 1. The van der Waals surface area contributed by atoms with Gasteiger partial charge in [-0.1, -0.05) is 6.42 Å². The molecule has 4 heteroatoms. The number of hydrogen-bond donors (Lipinski definition) is 2. The molecule has 3 saturated carbocycles. The Bertz CT molecular complexity index is 325. The van der Waals surface area contributed by atoms with Crippen LogP contribution in [0.2, 0.25) is 0 Å². The number of hydrogen-bond acceptors (Lipinski definition) is 3. The molecule has 2 bridgehead atoms. The van der Waals surface area contributed by atoms with Gasteiger partial charge in [0.25, 0.3) is 0 Å². The van der Waals surface area contributed by atoms with Crippen LogP contribution in [0.15, 0.2) is 0 Å². The van der Waals surface area contributed by atoms with Crippen LogP contribution >= 0.6 is 0 Å². The molecular weight excluding hydrogens is 238 g/mol. The number of amides is 1. The van der Waals surface area contributed by atoms with Crippen molar-refractivity contribution >= 4 is 5.91 Å². The monoisotopic (exact) mass is 265 g/mol. The predicted octanol–water partition coefficient (Wildman–Crippen LogP) is 1.80. The standard InChI is InChI=1S/C15H27N3O/c16-17-13(19)15-7-4-14(5-8-15,6-9-15)12-18-10-2-1-3-11-18/h1-12,16H2,(H,17,19). The van der Waals surface area contributed by atoms with E-state index in [0.717, 1.165) is 19.3 Å². The van der Waals surface area contributed by atoms with Gasteiger partial charge in [0.2, 0.25) is 5.91 Å². The SMILES string of the molecule is NNC(=O)C12CCC(CN3CCCCC3)(CC1)CC2. The third-order valence-corrected chi connectivity index (χ3v) is 6.02. The van der Waals surface area contributed by atoms with E-state index >= 15 is 0 Å². The van der Waals surface area contributed by atoms with Crippen molar-refractivity contribution in [1.29, 1.82) is 0 Å². The average molecular weight is 265 g/mol. The zero-order valence-corrected chi connectivity index (χ0v) is 11.9. The smallest absolute Gasteiger partial charge is 0.240 e. The first-order chi connectivity index (χ1) is 9.18. The van der Waals surface area contributed by atoms with Gasteiger partial charge in [0, 0.05) is 6.54 Å². The summed E-state index contributed by atoms with van der Waals surface area (Å²) in [6.07, 6.45) is 10.9. The molecule has 4 fully saturated rings. The molecule has 0 aromatic carbocycles. The molecule has 0 atom stereocenters. The lowest BCUT2D eigenvalue weighted by Gasteiger charge is -2.54. The van der Waals surface area contributed by atoms with Crippen LogP contribution in [0.25, 0.3) is 0 Å². The van der Waals surface area contributed by atoms with Crippen molar-refractivity contribution in [2.24, 2.45) is 16.7 Å². The number of likely N-dealkylation sites (tertiary alicyclic amines) is 1. The number of fused-ring (bicyclic) bond motifs is 3. The number of nitrogens with two attached hydrogens (primary N) is 1. The van der Waals surface area contributed by atoms with Crippen molar-refractivity contribution in [2.45, 2.75) is 57.8 Å². The molecule has 19 heavy (non-hydrogen) atoms. The van der Waals surface area contributed by atoms with Gasteiger partial charge in [0.1, 0.15) is 0 Å². The third-order valence-electron chi connectivity index (χ3n) is 6.02. The van der Waals surface area contributed by atoms with Gasteiger partial charge < -0.3 is 4.90 Å². The lowest BCUT2D eigenvalue weighted by atomic mass is 9.53. The van der Waals surface area contributed by atoms with E-state index in [1.807, 2.05) is 0 Å². The van der Waals surface area contributed by atoms with E-state index in [9.17, 15) is 4.79 Å². The van der Waals surface area contributed by atoms with Crippen LogP contribution in [0.3, 0.4) is 0 Å². The largest absolute Gasteiger partial charge is 0.303 e. The summed E-state index contributed by atoms with van der Waals surface area (Å²) < 4.78 is 0. The Labute approximate surface area is 116 Å². The zero-order valence-electron chi connectivity index (χ0n) is 11.9. The first-order valence-electron chi connectivity index (χ1n) is 7.92. The maximum Gasteiger partial charge on any atom is 0.240 e. The van der Waals surface area contributed by atoms with Crippen molar-refractivity contribution in [1.82, 2.24) is 10.3 Å². The fraction of sp³-hybridized carbons (Fsp3) is 0.933. The van der Waals surface area contributed by atoms with Gasteiger partial charge in [-0.2, -0.15) is 0 Å². The minimum absolute atomic E-state index is 0.0822. The first-order valence-corrected chi connectivity index (χ1v) is 7.92. The fourth-order valence-corrected chi connectivity index (χ4v) is 4.59. The number of carbonyl (C=O) groups excluding carboxylic acids is 1. The second-order valence-corrected chi connectivity index (χ2v) is 7.09. The van der Waals surface area contributed by atoms with Crippen LogP contribution in [-0.2, 0) is 4.79 Å². The Kier molecular flexibility index (Phi) is 3.56. The Hall–Kier alpha value is -0.610. The van der Waals surface area contributed by atoms with Crippen LogP contribution in [0.4, 0.5) is 0 Å².